The summed E-state index contributed by atoms with van der Waals surface area (Å²) < 4.78 is 0. The maximum atomic E-state index is 4.58. The zero-order valence-electron chi connectivity index (χ0n) is 11.9. The van der Waals surface area contributed by atoms with Gasteiger partial charge >= 0.3 is 0 Å². The highest BCUT2D eigenvalue weighted by Gasteiger charge is 2.25. The highest BCUT2D eigenvalue weighted by atomic mass is 15.2. The monoisotopic (exact) mass is 259 g/mol. The average Bonchev–Trinajstić information content (AvgIpc) is 3.31. The molecule has 3 rings (SSSR count). The molecular weight excluding hydrogens is 234 g/mol. The van der Waals surface area contributed by atoms with E-state index in [-0.39, 0.29) is 0 Å². The van der Waals surface area contributed by atoms with Gasteiger partial charge in [-0.1, -0.05) is 6.92 Å². The molecule has 0 radical (unpaired) electrons. The van der Waals surface area contributed by atoms with E-state index in [9.17, 15) is 0 Å². The maximum absolute atomic E-state index is 4.58. The van der Waals surface area contributed by atoms with Crippen LogP contribution in [0.5, 0.6) is 0 Å². The summed E-state index contributed by atoms with van der Waals surface area (Å²) >= 11 is 0. The van der Waals surface area contributed by atoms with Crippen molar-refractivity contribution in [2.45, 2.75) is 51.6 Å². The van der Waals surface area contributed by atoms with E-state index in [1.54, 1.807) is 0 Å². The molecule has 1 N–H and O–H groups in total. The van der Waals surface area contributed by atoms with Gasteiger partial charge in [-0.05, 0) is 55.7 Å². The van der Waals surface area contributed by atoms with Gasteiger partial charge in [-0.15, -0.1) is 0 Å². The molecule has 0 amide bonds. The number of hydrogen-bond acceptors (Lipinski definition) is 3. The van der Waals surface area contributed by atoms with Gasteiger partial charge in [0.1, 0.15) is 5.82 Å². The Kier molecular flexibility index (Phi) is 4.02. The van der Waals surface area contributed by atoms with E-state index in [1.807, 2.05) is 6.20 Å². The van der Waals surface area contributed by atoms with Crippen LogP contribution in [0.25, 0.3) is 0 Å². The molecule has 104 valence electrons. The maximum Gasteiger partial charge on any atom is 0.128 e. The van der Waals surface area contributed by atoms with Crippen molar-refractivity contribution in [1.82, 2.24) is 10.3 Å². The number of nitrogens with one attached hydrogen (secondary N) is 1. The van der Waals surface area contributed by atoms with Gasteiger partial charge in [0.05, 0.1) is 0 Å². The molecular formula is C16H25N3. The van der Waals surface area contributed by atoms with Crippen molar-refractivity contribution < 1.29 is 0 Å². The van der Waals surface area contributed by atoms with Crippen LogP contribution in [0.3, 0.4) is 0 Å². The minimum Gasteiger partial charge on any atom is -0.356 e. The molecule has 2 aliphatic rings. The average molecular weight is 259 g/mol. The third-order valence-corrected chi connectivity index (χ3v) is 3.98. The first-order valence-corrected chi connectivity index (χ1v) is 7.78. The lowest BCUT2D eigenvalue weighted by Crippen LogP contribution is -2.27. The van der Waals surface area contributed by atoms with Crippen LogP contribution >= 0.6 is 0 Å². The van der Waals surface area contributed by atoms with Gasteiger partial charge in [0.2, 0.25) is 0 Å². The van der Waals surface area contributed by atoms with Crippen molar-refractivity contribution in [1.29, 1.82) is 0 Å². The second-order valence-corrected chi connectivity index (χ2v) is 6.07. The van der Waals surface area contributed by atoms with Crippen molar-refractivity contribution in [2.75, 3.05) is 18.0 Å². The Balaban J connectivity index is 1.63. The van der Waals surface area contributed by atoms with Gasteiger partial charge in [-0.25, -0.2) is 4.98 Å². The molecule has 1 heterocycles. The van der Waals surface area contributed by atoms with Crippen molar-refractivity contribution >= 4 is 5.82 Å². The molecule has 2 aliphatic carbocycles. The summed E-state index contributed by atoms with van der Waals surface area (Å²) in [7, 11) is 0. The third kappa shape index (κ3) is 3.93. The molecule has 1 aromatic heterocycles. The Bertz CT molecular complexity index is 410. The second kappa shape index (κ2) is 5.91. The standard InChI is InChI=1S/C16H25N3/c1-2-9-19(12-13-3-4-13)16-10-14(7-8-17-16)11-18-15-5-6-15/h7-8,10,13,15,18H,2-6,9,11-12H2,1H3. The minimum atomic E-state index is 0.773. The van der Waals surface area contributed by atoms with Crippen molar-refractivity contribution in [2.24, 2.45) is 5.92 Å². The molecule has 0 spiro atoms. The Morgan fingerprint density at radius 1 is 1.32 bits per heavy atom. The first-order valence-electron chi connectivity index (χ1n) is 7.78. The van der Waals surface area contributed by atoms with E-state index in [4.69, 9.17) is 0 Å². The second-order valence-electron chi connectivity index (χ2n) is 6.07. The molecule has 0 aliphatic heterocycles. The van der Waals surface area contributed by atoms with Crippen LogP contribution < -0.4 is 10.2 Å². The van der Waals surface area contributed by atoms with E-state index in [0.29, 0.717) is 0 Å². The molecule has 2 saturated carbocycles. The van der Waals surface area contributed by atoms with Crippen LogP contribution in [0.1, 0.15) is 44.6 Å². The Morgan fingerprint density at radius 3 is 2.84 bits per heavy atom. The molecule has 0 bridgehead atoms. The molecule has 0 unspecified atom stereocenters. The molecule has 0 saturated heterocycles. The Labute approximate surface area is 116 Å². The van der Waals surface area contributed by atoms with Gasteiger partial charge in [0, 0.05) is 31.9 Å². The predicted octanol–water partition coefficient (Wildman–Crippen LogP) is 2.96. The van der Waals surface area contributed by atoms with Gasteiger partial charge < -0.3 is 10.2 Å². The zero-order valence-corrected chi connectivity index (χ0v) is 11.9. The smallest absolute Gasteiger partial charge is 0.128 e. The van der Waals surface area contributed by atoms with Crippen LogP contribution in [-0.4, -0.2) is 24.1 Å². The zero-order chi connectivity index (χ0) is 13.1. The van der Waals surface area contributed by atoms with Crippen LogP contribution in [0, 0.1) is 5.92 Å². The number of nitrogens with zero attached hydrogens (tertiary/aromatic N) is 2. The SMILES string of the molecule is CCCN(CC1CC1)c1cc(CNC2CC2)ccn1. The number of pyridine rings is 1. The minimum absolute atomic E-state index is 0.773. The van der Waals surface area contributed by atoms with Gasteiger partial charge in [-0.3, -0.25) is 0 Å². The van der Waals surface area contributed by atoms with Crippen molar-refractivity contribution in [3.8, 4) is 0 Å². The van der Waals surface area contributed by atoms with Crippen LogP contribution in [-0.2, 0) is 6.54 Å². The normalized spacial score (nSPS) is 18.6. The fourth-order valence-corrected chi connectivity index (χ4v) is 2.47. The van der Waals surface area contributed by atoms with Crippen molar-refractivity contribution in [3.05, 3.63) is 23.9 Å². The number of hydrogen-bond donors (Lipinski definition) is 1. The molecule has 3 nitrogen and oxygen atoms in total. The lowest BCUT2D eigenvalue weighted by atomic mass is 10.2. The fourth-order valence-electron chi connectivity index (χ4n) is 2.47. The molecule has 1 aromatic rings. The molecule has 0 atom stereocenters. The molecule has 0 aromatic carbocycles. The van der Waals surface area contributed by atoms with Gasteiger partial charge in [0.25, 0.3) is 0 Å². The lowest BCUT2D eigenvalue weighted by Gasteiger charge is -2.23. The first kappa shape index (κ1) is 12.9. The fraction of sp³-hybridized carbons (Fsp3) is 0.688. The third-order valence-electron chi connectivity index (χ3n) is 3.98. The summed E-state index contributed by atoms with van der Waals surface area (Å²) in [5, 5.41) is 3.58. The largest absolute Gasteiger partial charge is 0.356 e. The first-order chi connectivity index (χ1) is 9.35. The molecule has 3 heteroatoms. The highest BCUT2D eigenvalue weighted by molar-refractivity contribution is 5.41. The quantitative estimate of drug-likeness (QED) is 0.778. The van der Waals surface area contributed by atoms with Crippen molar-refractivity contribution in [3.63, 3.8) is 0 Å². The summed E-state index contributed by atoms with van der Waals surface area (Å²) in [6.45, 7) is 5.56. The Morgan fingerprint density at radius 2 is 2.16 bits per heavy atom. The van der Waals surface area contributed by atoms with E-state index in [2.05, 4.69) is 34.3 Å². The topological polar surface area (TPSA) is 28.2 Å². The Hall–Kier alpha value is -1.09. The van der Waals surface area contributed by atoms with E-state index in [1.165, 1.54) is 50.0 Å². The summed E-state index contributed by atoms with van der Waals surface area (Å²) in [5.41, 5.74) is 1.37. The lowest BCUT2D eigenvalue weighted by molar-refractivity contribution is 0.680. The number of rotatable bonds is 8. The van der Waals surface area contributed by atoms with Crippen LogP contribution in [0.2, 0.25) is 0 Å². The molecule has 19 heavy (non-hydrogen) atoms. The number of anilines is 1. The summed E-state index contributed by atoms with van der Waals surface area (Å²) in [6, 6.07) is 5.18. The van der Waals surface area contributed by atoms with Crippen LogP contribution in [0.4, 0.5) is 5.82 Å². The number of aromatic nitrogens is 1. The van der Waals surface area contributed by atoms with Gasteiger partial charge in [0.15, 0.2) is 0 Å². The van der Waals surface area contributed by atoms with E-state index < -0.39 is 0 Å². The highest BCUT2D eigenvalue weighted by Crippen LogP contribution is 2.31. The van der Waals surface area contributed by atoms with E-state index >= 15 is 0 Å². The molecule has 2 fully saturated rings. The summed E-state index contributed by atoms with van der Waals surface area (Å²) in [6.07, 6.45) is 8.67. The summed E-state index contributed by atoms with van der Waals surface area (Å²) in [5.74, 6) is 2.09. The van der Waals surface area contributed by atoms with Gasteiger partial charge in [-0.2, -0.15) is 0 Å². The van der Waals surface area contributed by atoms with E-state index in [0.717, 1.165) is 25.0 Å². The predicted molar refractivity (Wildman–Crippen MR) is 79.3 cm³/mol. The van der Waals surface area contributed by atoms with Crippen LogP contribution in [0.15, 0.2) is 18.3 Å². The summed E-state index contributed by atoms with van der Waals surface area (Å²) in [4.78, 5) is 7.05.